The number of carbonyl (C=O) groups excluding carboxylic acids is 2. The first-order valence-electron chi connectivity index (χ1n) is 8.78. The second-order valence-corrected chi connectivity index (χ2v) is 6.29. The molecule has 6 heteroatoms. The van der Waals surface area contributed by atoms with Crippen LogP contribution in [0.5, 0.6) is 0 Å². The highest BCUT2D eigenvalue weighted by Gasteiger charge is 2.09. The lowest BCUT2D eigenvalue weighted by Crippen LogP contribution is -2.13. The van der Waals surface area contributed by atoms with Crippen molar-refractivity contribution in [3.63, 3.8) is 0 Å². The van der Waals surface area contributed by atoms with E-state index in [1.54, 1.807) is 49.5 Å². The second kappa shape index (κ2) is 9.56. The van der Waals surface area contributed by atoms with Crippen molar-refractivity contribution in [1.29, 1.82) is 0 Å². The van der Waals surface area contributed by atoms with Crippen LogP contribution in [-0.2, 0) is 4.74 Å². The van der Waals surface area contributed by atoms with Gasteiger partial charge in [-0.2, -0.15) is 0 Å². The number of amides is 1. The zero-order valence-corrected chi connectivity index (χ0v) is 15.4. The van der Waals surface area contributed by atoms with E-state index in [4.69, 9.17) is 4.74 Å². The molecule has 0 saturated heterocycles. The number of esters is 1. The van der Waals surface area contributed by atoms with Crippen LogP contribution in [-0.4, -0.2) is 30.0 Å². The van der Waals surface area contributed by atoms with Crippen molar-refractivity contribution in [2.75, 3.05) is 23.8 Å². The molecule has 1 aromatic heterocycles. The average molecular weight is 355 g/mol. The molecule has 0 aliphatic heterocycles. The summed E-state index contributed by atoms with van der Waals surface area (Å²) in [5.74, 6) is 0.744. The molecule has 0 saturated carbocycles. The molecule has 0 aliphatic carbocycles. The van der Waals surface area contributed by atoms with E-state index < -0.39 is 0 Å². The molecule has 2 rings (SSSR count). The van der Waals surface area contributed by atoms with Gasteiger partial charge in [-0.3, -0.25) is 4.79 Å². The fourth-order valence-electron chi connectivity index (χ4n) is 2.23. The number of ether oxygens (including phenoxy) is 1. The van der Waals surface area contributed by atoms with E-state index in [-0.39, 0.29) is 11.9 Å². The Hall–Kier alpha value is -2.89. The third-order valence-corrected chi connectivity index (χ3v) is 3.71. The maximum Gasteiger partial charge on any atom is 0.338 e. The number of carbonyl (C=O) groups is 2. The van der Waals surface area contributed by atoms with E-state index in [1.165, 1.54) is 0 Å². The lowest BCUT2D eigenvalue weighted by molar-refractivity contribution is 0.0526. The SMILES string of the molecule is CCOC(=O)c1ccc(NC(=O)c2ccc(NCCC(C)C)nc2)cc1. The fourth-order valence-corrected chi connectivity index (χ4v) is 2.23. The van der Waals surface area contributed by atoms with Crippen LogP contribution in [0.2, 0.25) is 0 Å². The molecule has 1 aromatic carbocycles. The Bertz CT molecular complexity index is 725. The lowest BCUT2D eigenvalue weighted by Gasteiger charge is -2.09. The fraction of sp³-hybridized carbons (Fsp3) is 0.350. The Morgan fingerprint density at radius 1 is 1.08 bits per heavy atom. The molecule has 0 atom stereocenters. The summed E-state index contributed by atoms with van der Waals surface area (Å²) >= 11 is 0. The topological polar surface area (TPSA) is 80.3 Å². The van der Waals surface area contributed by atoms with Gasteiger partial charge in [-0.05, 0) is 55.7 Å². The van der Waals surface area contributed by atoms with E-state index in [9.17, 15) is 9.59 Å². The maximum absolute atomic E-state index is 12.3. The molecule has 2 aromatic rings. The van der Waals surface area contributed by atoms with Crippen molar-refractivity contribution in [2.45, 2.75) is 27.2 Å². The highest BCUT2D eigenvalue weighted by Crippen LogP contribution is 2.13. The van der Waals surface area contributed by atoms with Gasteiger partial charge in [0.1, 0.15) is 5.82 Å². The molecule has 0 unspecified atom stereocenters. The smallest absolute Gasteiger partial charge is 0.338 e. The van der Waals surface area contributed by atoms with Crippen molar-refractivity contribution in [3.8, 4) is 0 Å². The highest BCUT2D eigenvalue weighted by atomic mass is 16.5. The van der Waals surface area contributed by atoms with Gasteiger partial charge < -0.3 is 15.4 Å². The number of pyridine rings is 1. The summed E-state index contributed by atoms with van der Waals surface area (Å²) < 4.78 is 4.93. The third-order valence-electron chi connectivity index (χ3n) is 3.71. The van der Waals surface area contributed by atoms with Crippen LogP contribution in [0.25, 0.3) is 0 Å². The standard InChI is InChI=1S/C20H25N3O3/c1-4-26-20(25)15-5-8-17(9-6-15)23-19(24)16-7-10-18(22-13-16)21-12-11-14(2)3/h5-10,13-14H,4,11-12H2,1-3H3,(H,21,22)(H,23,24). The highest BCUT2D eigenvalue weighted by molar-refractivity contribution is 6.04. The van der Waals surface area contributed by atoms with Crippen molar-refractivity contribution < 1.29 is 14.3 Å². The van der Waals surface area contributed by atoms with Gasteiger partial charge in [0.25, 0.3) is 5.91 Å². The van der Waals surface area contributed by atoms with Crippen LogP contribution in [0.3, 0.4) is 0 Å². The van der Waals surface area contributed by atoms with Gasteiger partial charge >= 0.3 is 5.97 Å². The molecule has 26 heavy (non-hydrogen) atoms. The first-order valence-corrected chi connectivity index (χ1v) is 8.78. The minimum absolute atomic E-state index is 0.255. The van der Waals surface area contributed by atoms with Crippen LogP contribution < -0.4 is 10.6 Å². The predicted octanol–water partition coefficient (Wildman–Crippen LogP) is 3.97. The van der Waals surface area contributed by atoms with Gasteiger partial charge in [0, 0.05) is 18.4 Å². The van der Waals surface area contributed by atoms with E-state index >= 15 is 0 Å². The maximum atomic E-state index is 12.3. The number of hydrogen-bond donors (Lipinski definition) is 2. The molecule has 0 aliphatic rings. The number of hydrogen-bond acceptors (Lipinski definition) is 5. The summed E-state index contributed by atoms with van der Waals surface area (Å²) in [6.45, 7) is 7.27. The summed E-state index contributed by atoms with van der Waals surface area (Å²) in [5, 5.41) is 6.01. The minimum Gasteiger partial charge on any atom is -0.462 e. The summed E-state index contributed by atoms with van der Waals surface area (Å²) in [6, 6.07) is 10.1. The molecule has 0 radical (unpaired) electrons. The number of nitrogens with zero attached hydrogens (tertiary/aromatic N) is 1. The number of aromatic nitrogens is 1. The van der Waals surface area contributed by atoms with Crippen LogP contribution in [0.1, 0.15) is 47.9 Å². The van der Waals surface area contributed by atoms with Gasteiger partial charge in [-0.1, -0.05) is 13.8 Å². The Morgan fingerprint density at radius 2 is 1.77 bits per heavy atom. The quantitative estimate of drug-likeness (QED) is 0.700. The summed E-state index contributed by atoms with van der Waals surface area (Å²) in [5.41, 5.74) is 1.51. The van der Waals surface area contributed by atoms with Crippen molar-refractivity contribution in [3.05, 3.63) is 53.7 Å². The zero-order valence-electron chi connectivity index (χ0n) is 15.4. The van der Waals surface area contributed by atoms with Crippen LogP contribution >= 0.6 is 0 Å². The molecule has 2 N–H and O–H groups in total. The van der Waals surface area contributed by atoms with Gasteiger partial charge in [0.05, 0.1) is 17.7 Å². The van der Waals surface area contributed by atoms with Gasteiger partial charge in [0.2, 0.25) is 0 Å². The lowest BCUT2D eigenvalue weighted by atomic mass is 10.1. The largest absolute Gasteiger partial charge is 0.462 e. The Morgan fingerprint density at radius 3 is 2.35 bits per heavy atom. The first-order chi connectivity index (χ1) is 12.5. The van der Waals surface area contributed by atoms with E-state index in [1.807, 2.05) is 0 Å². The predicted molar refractivity (Wildman–Crippen MR) is 103 cm³/mol. The Labute approximate surface area is 154 Å². The number of anilines is 2. The zero-order chi connectivity index (χ0) is 18.9. The molecule has 1 heterocycles. The molecule has 6 nitrogen and oxygen atoms in total. The molecule has 0 spiro atoms. The Kier molecular flexibility index (Phi) is 7.14. The molecule has 138 valence electrons. The molecule has 1 amide bonds. The molecule has 0 bridgehead atoms. The summed E-state index contributed by atoms with van der Waals surface area (Å²) in [6.07, 6.45) is 2.60. The monoisotopic (exact) mass is 355 g/mol. The normalized spacial score (nSPS) is 10.5. The summed E-state index contributed by atoms with van der Waals surface area (Å²) in [7, 11) is 0. The average Bonchev–Trinajstić information content (AvgIpc) is 2.63. The molecular formula is C20H25N3O3. The summed E-state index contributed by atoms with van der Waals surface area (Å²) in [4.78, 5) is 28.2. The molecular weight excluding hydrogens is 330 g/mol. The van der Waals surface area contributed by atoms with Crippen LogP contribution in [0.15, 0.2) is 42.6 Å². The number of rotatable bonds is 8. The third kappa shape index (κ3) is 5.88. The van der Waals surface area contributed by atoms with Crippen LogP contribution in [0.4, 0.5) is 11.5 Å². The van der Waals surface area contributed by atoms with Gasteiger partial charge in [-0.25, -0.2) is 9.78 Å². The van der Waals surface area contributed by atoms with Crippen LogP contribution in [0, 0.1) is 5.92 Å². The first kappa shape index (κ1) is 19.4. The van der Waals surface area contributed by atoms with Gasteiger partial charge in [0.15, 0.2) is 0 Å². The van der Waals surface area contributed by atoms with E-state index in [0.29, 0.717) is 29.3 Å². The second-order valence-electron chi connectivity index (χ2n) is 6.29. The molecule has 0 fully saturated rings. The van der Waals surface area contributed by atoms with Crippen molar-refractivity contribution in [1.82, 2.24) is 4.98 Å². The Balaban J connectivity index is 1.91. The number of benzene rings is 1. The van der Waals surface area contributed by atoms with Crippen molar-refractivity contribution in [2.24, 2.45) is 5.92 Å². The number of nitrogens with one attached hydrogen (secondary N) is 2. The van der Waals surface area contributed by atoms with E-state index in [0.717, 1.165) is 18.8 Å². The minimum atomic E-state index is -0.380. The van der Waals surface area contributed by atoms with Crippen molar-refractivity contribution >= 4 is 23.4 Å². The van der Waals surface area contributed by atoms with Gasteiger partial charge in [-0.15, -0.1) is 0 Å². The van der Waals surface area contributed by atoms with E-state index in [2.05, 4.69) is 29.5 Å².